The van der Waals surface area contributed by atoms with E-state index in [2.05, 4.69) is 20.1 Å². The molecule has 0 radical (unpaired) electrons. The molecule has 5 N–H and O–H groups in total. The first-order valence-electron chi connectivity index (χ1n) is 12.2. The molecule has 41 heavy (non-hydrogen) atoms. The van der Waals surface area contributed by atoms with Gasteiger partial charge in [0.1, 0.15) is 23.5 Å². The maximum Gasteiger partial charge on any atom is 0.348 e. The number of carboxylic acid groups (broad SMARTS) is 2. The van der Waals surface area contributed by atoms with Crippen LogP contribution in [0.5, 0.6) is 0 Å². The van der Waals surface area contributed by atoms with Gasteiger partial charge in [0.05, 0.1) is 12.0 Å². The number of hydrogen-bond donors (Lipinski definition) is 4. The molecule has 1 saturated heterocycles. The number of ether oxygens (including phenoxy) is 2. The minimum atomic E-state index is -2.86. The number of imidazole rings is 1. The third-order valence-corrected chi connectivity index (χ3v) is 7.67. The third-order valence-electron chi connectivity index (χ3n) is 7.50. The molecule has 0 amide bonds. The zero-order chi connectivity index (χ0) is 29.4. The molecule has 5 atom stereocenters. The van der Waals surface area contributed by atoms with E-state index >= 15 is 4.39 Å². The van der Waals surface area contributed by atoms with Gasteiger partial charge in [-0.05, 0) is 36.6 Å². The van der Waals surface area contributed by atoms with E-state index in [1.165, 1.54) is 6.33 Å². The van der Waals surface area contributed by atoms with Crippen LogP contribution < -0.4 is 5.73 Å². The van der Waals surface area contributed by atoms with Gasteiger partial charge in [-0.3, -0.25) is 4.57 Å². The van der Waals surface area contributed by atoms with Crippen LogP contribution in [-0.2, 0) is 25.5 Å². The Hall–Kier alpha value is -4.18. The van der Waals surface area contributed by atoms with Gasteiger partial charge in [-0.15, -0.1) is 0 Å². The van der Waals surface area contributed by atoms with E-state index in [1.54, 1.807) is 38.1 Å². The molecule has 1 saturated carbocycles. The number of aromatic nitrogens is 5. The summed E-state index contributed by atoms with van der Waals surface area (Å²) in [6, 6.07) is 6.42. The summed E-state index contributed by atoms with van der Waals surface area (Å²) < 4.78 is 33.2. The first-order valence-corrected chi connectivity index (χ1v) is 12.6. The van der Waals surface area contributed by atoms with Crippen LogP contribution in [0.1, 0.15) is 23.2 Å². The largest absolute Gasteiger partial charge is 0.479 e. The number of nitrogen functional groups attached to an aromatic ring is 1. The standard InChI is InChI=1S/C25H22ClFN6O8/c1-9-13(10(2)41-32-9)12-5-3-11(4-6-12)7-24(21(34)35,22(36)37)40-17-16-25(17,38)15(27)20(39-16)33-8-29-14-18(28)30-23(26)31-19(14)33/h3-6,8,15-17,20,38H,7H2,1-2H3,(H,34,35)(H,36,37)(H2,28,30,31)/t15-,16-,17?,20-,25+/m1/s1. The molecule has 0 spiro atoms. The number of alkyl halides is 1. The van der Waals surface area contributed by atoms with Crippen LogP contribution in [0.4, 0.5) is 10.2 Å². The maximum atomic E-state index is 15.7. The average Bonchev–Trinajstić information content (AvgIpc) is 3.24. The predicted octanol–water partition coefficient (Wildman–Crippen LogP) is 1.85. The second-order valence-corrected chi connectivity index (χ2v) is 10.3. The molecule has 2 fully saturated rings. The smallest absolute Gasteiger partial charge is 0.348 e. The molecular weight excluding hydrogens is 567 g/mol. The molecule has 6 rings (SSSR count). The van der Waals surface area contributed by atoms with Crippen molar-refractivity contribution in [3.63, 3.8) is 0 Å². The number of fused-ring (bicyclic) bond motifs is 2. The Morgan fingerprint density at radius 1 is 1.22 bits per heavy atom. The lowest BCUT2D eigenvalue weighted by molar-refractivity contribution is -0.194. The molecule has 16 heteroatoms. The number of hydrogen-bond acceptors (Lipinski definition) is 11. The van der Waals surface area contributed by atoms with Crippen molar-refractivity contribution in [3.05, 3.63) is 52.9 Å². The van der Waals surface area contributed by atoms with Gasteiger partial charge in [0.15, 0.2) is 29.5 Å². The van der Waals surface area contributed by atoms with Gasteiger partial charge in [0.2, 0.25) is 5.28 Å². The van der Waals surface area contributed by atoms with Crippen molar-refractivity contribution in [2.24, 2.45) is 0 Å². The summed E-state index contributed by atoms with van der Waals surface area (Å²) in [5.41, 5.74) is 3.21. The summed E-state index contributed by atoms with van der Waals surface area (Å²) in [6.45, 7) is 3.51. The topological polar surface area (TPSA) is 209 Å². The van der Waals surface area contributed by atoms with E-state index in [4.69, 9.17) is 31.3 Å². The van der Waals surface area contributed by atoms with Gasteiger partial charge in [-0.2, -0.15) is 9.97 Å². The lowest BCUT2D eigenvalue weighted by atomic mass is 9.92. The quantitative estimate of drug-likeness (QED) is 0.171. The second kappa shape index (κ2) is 9.17. The average molecular weight is 589 g/mol. The molecule has 2 aliphatic rings. The Balaban J connectivity index is 1.25. The van der Waals surface area contributed by atoms with Crippen molar-refractivity contribution in [2.45, 2.75) is 56.1 Å². The number of aryl methyl sites for hydroxylation is 2. The van der Waals surface area contributed by atoms with Gasteiger partial charge in [0.25, 0.3) is 5.60 Å². The van der Waals surface area contributed by atoms with Gasteiger partial charge in [-0.1, -0.05) is 29.4 Å². The predicted molar refractivity (Wildman–Crippen MR) is 136 cm³/mol. The minimum Gasteiger partial charge on any atom is -0.479 e. The number of nitrogens with two attached hydrogens (primary N) is 1. The van der Waals surface area contributed by atoms with Crippen molar-refractivity contribution >= 4 is 40.5 Å². The summed E-state index contributed by atoms with van der Waals surface area (Å²) in [4.78, 5) is 36.5. The molecular formula is C25H22ClFN6O8. The first-order chi connectivity index (χ1) is 19.4. The van der Waals surface area contributed by atoms with E-state index < -0.39 is 54.2 Å². The molecule has 3 aromatic heterocycles. The number of anilines is 1. The highest BCUT2D eigenvalue weighted by atomic mass is 35.5. The van der Waals surface area contributed by atoms with Crippen LogP contribution in [0.2, 0.25) is 5.28 Å². The summed E-state index contributed by atoms with van der Waals surface area (Å²) >= 11 is 5.87. The summed E-state index contributed by atoms with van der Waals surface area (Å²) in [6.07, 6.45) is -6.06. The normalized spacial score (nSPS) is 25.4. The minimum absolute atomic E-state index is 0.0444. The second-order valence-electron chi connectivity index (χ2n) is 9.99. The fourth-order valence-electron chi connectivity index (χ4n) is 5.31. The van der Waals surface area contributed by atoms with Crippen LogP contribution in [0.25, 0.3) is 22.3 Å². The Morgan fingerprint density at radius 3 is 2.46 bits per heavy atom. The van der Waals surface area contributed by atoms with E-state index in [0.717, 1.165) is 15.7 Å². The van der Waals surface area contributed by atoms with Crippen molar-refractivity contribution in [1.82, 2.24) is 24.7 Å². The molecule has 0 bridgehead atoms. The van der Waals surface area contributed by atoms with Crippen LogP contribution in [0.3, 0.4) is 0 Å². The van der Waals surface area contributed by atoms with Gasteiger partial charge < -0.3 is 35.1 Å². The van der Waals surface area contributed by atoms with Crippen molar-refractivity contribution < 1.29 is 43.3 Å². The van der Waals surface area contributed by atoms with Crippen molar-refractivity contribution in [3.8, 4) is 11.1 Å². The van der Waals surface area contributed by atoms with Gasteiger partial charge in [0, 0.05) is 12.0 Å². The van der Waals surface area contributed by atoms with Crippen LogP contribution >= 0.6 is 11.6 Å². The number of aliphatic hydroxyl groups is 1. The van der Waals surface area contributed by atoms with E-state index in [0.29, 0.717) is 17.0 Å². The zero-order valence-electron chi connectivity index (χ0n) is 21.4. The number of benzene rings is 1. The maximum absolute atomic E-state index is 15.7. The number of halogens is 2. The highest BCUT2D eigenvalue weighted by molar-refractivity contribution is 6.28. The van der Waals surface area contributed by atoms with Gasteiger partial charge in [-0.25, -0.2) is 19.0 Å². The lowest BCUT2D eigenvalue weighted by Gasteiger charge is -2.28. The van der Waals surface area contributed by atoms with E-state index in [9.17, 15) is 24.9 Å². The number of carbonyl (C=O) groups is 2. The number of rotatable bonds is 8. The Bertz CT molecular complexity index is 1680. The van der Waals surface area contributed by atoms with E-state index in [1.807, 2.05) is 0 Å². The molecule has 4 heterocycles. The number of carboxylic acids is 2. The van der Waals surface area contributed by atoms with Crippen LogP contribution in [0.15, 0.2) is 35.1 Å². The fourth-order valence-corrected chi connectivity index (χ4v) is 5.48. The number of aliphatic carboxylic acids is 2. The monoisotopic (exact) mass is 588 g/mol. The first kappa shape index (κ1) is 27.0. The van der Waals surface area contributed by atoms with Crippen molar-refractivity contribution in [1.29, 1.82) is 0 Å². The molecule has 1 aliphatic heterocycles. The van der Waals surface area contributed by atoms with Crippen LogP contribution in [0, 0.1) is 13.8 Å². The Labute approximate surface area is 234 Å². The molecule has 1 aliphatic carbocycles. The number of nitrogens with zero attached hydrogens (tertiary/aromatic N) is 5. The SMILES string of the molecule is Cc1noc(C)c1-c1ccc(CC(OC2[C@H]3O[C@@H](n4cnc5c(N)nc(Cl)nc54)[C@@H](F)[C@@]23O)(C(=O)O)C(=O)O)cc1. The Kier molecular flexibility index (Phi) is 6.04. The van der Waals surface area contributed by atoms with Crippen LogP contribution in [-0.4, -0.2) is 81.5 Å². The van der Waals surface area contributed by atoms with Crippen molar-refractivity contribution in [2.75, 3.05) is 5.73 Å². The fraction of sp³-hybridized carbons (Fsp3) is 0.360. The third kappa shape index (κ3) is 3.95. The lowest BCUT2D eigenvalue weighted by Crippen LogP contribution is -2.53. The highest BCUT2D eigenvalue weighted by Gasteiger charge is 2.80. The summed E-state index contributed by atoms with van der Waals surface area (Å²) in [5, 5.41) is 34.8. The molecule has 214 valence electrons. The molecule has 14 nitrogen and oxygen atoms in total. The molecule has 1 aromatic carbocycles. The van der Waals surface area contributed by atoms with E-state index in [-0.39, 0.29) is 22.3 Å². The Morgan fingerprint density at radius 2 is 1.90 bits per heavy atom. The zero-order valence-corrected chi connectivity index (χ0v) is 22.1. The van der Waals surface area contributed by atoms with Gasteiger partial charge >= 0.3 is 11.9 Å². The molecule has 4 aromatic rings. The summed E-state index contributed by atoms with van der Waals surface area (Å²) in [5.74, 6) is -3.13. The highest BCUT2D eigenvalue weighted by Crippen LogP contribution is 2.58. The summed E-state index contributed by atoms with van der Waals surface area (Å²) in [7, 11) is 0. The molecule has 1 unspecified atom stereocenters.